The van der Waals surface area contributed by atoms with E-state index in [1.165, 1.54) is 11.8 Å². The van der Waals surface area contributed by atoms with Crippen LogP contribution in [0.3, 0.4) is 0 Å². The zero-order valence-electron chi connectivity index (χ0n) is 18.2. The number of nitrogens with zero attached hydrogens (tertiary/aromatic N) is 5. The molecule has 0 spiro atoms. The smallest absolute Gasteiger partial charge is 0.289 e. The molecule has 8 nitrogen and oxygen atoms in total. The molecular weight excluding hydrogens is 519 g/mol. The summed E-state index contributed by atoms with van der Waals surface area (Å²) >= 11 is 0. The number of rotatable bonds is 6. The fraction of sp³-hybridized carbons (Fsp3) is 0.348. The lowest BCUT2D eigenvalue weighted by molar-refractivity contribution is 0.0657. The summed E-state index contributed by atoms with van der Waals surface area (Å²) in [4.78, 5) is 21.4. The van der Waals surface area contributed by atoms with Crippen LogP contribution >= 0.6 is 24.0 Å². The highest BCUT2D eigenvalue weighted by molar-refractivity contribution is 14.0. The average molecular weight is 548 g/mol. The van der Waals surface area contributed by atoms with Crippen LogP contribution in [0, 0.1) is 0 Å². The van der Waals surface area contributed by atoms with Crippen molar-refractivity contribution in [2.24, 2.45) is 4.99 Å². The molecule has 3 aromatic rings. The Kier molecular flexibility index (Phi) is 8.72. The molecule has 3 heterocycles. The van der Waals surface area contributed by atoms with Gasteiger partial charge in [0.2, 0.25) is 0 Å². The van der Waals surface area contributed by atoms with Crippen LogP contribution < -0.4 is 5.32 Å². The molecule has 32 heavy (non-hydrogen) atoms. The Morgan fingerprint density at radius 2 is 1.88 bits per heavy atom. The molecule has 2 aromatic heterocycles. The maximum atomic E-state index is 12.5. The van der Waals surface area contributed by atoms with Crippen molar-refractivity contribution in [2.75, 3.05) is 32.7 Å². The number of aromatic nitrogens is 2. The summed E-state index contributed by atoms with van der Waals surface area (Å²) in [6.07, 6.45) is 5.28. The van der Waals surface area contributed by atoms with Gasteiger partial charge in [0.15, 0.2) is 11.7 Å². The van der Waals surface area contributed by atoms with Gasteiger partial charge in [0.05, 0.1) is 19.4 Å². The van der Waals surface area contributed by atoms with Gasteiger partial charge in [-0.25, -0.2) is 4.99 Å². The maximum absolute atomic E-state index is 12.5. The first-order valence-electron chi connectivity index (χ1n) is 10.6. The summed E-state index contributed by atoms with van der Waals surface area (Å²) in [6, 6.07) is 13.8. The Balaban J connectivity index is 0.00000289. The molecule has 0 radical (unpaired) electrons. The zero-order valence-corrected chi connectivity index (χ0v) is 20.5. The molecule has 1 amide bonds. The van der Waals surface area contributed by atoms with Gasteiger partial charge in [-0.05, 0) is 36.2 Å². The Labute approximate surface area is 205 Å². The number of amides is 1. The van der Waals surface area contributed by atoms with Crippen LogP contribution in [0.1, 0.15) is 28.6 Å². The van der Waals surface area contributed by atoms with E-state index in [9.17, 15) is 4.79 Å². The first kappa shape index (κ1) is 23.8. The SMILES string of the molecule is CCNC(=NCc1cccc(Cn2cccn2)c1)N1CCN(C(=O)c2ccco2)CC1.I. The number of guanidine groups is 1. The summed E-state index contributed by atoms with van der Waals surface area (Å²) in [7, 11) is 0. The highest BCUT2D eigenvalue weighted by atomic mass is 127. The van der Waals surface area contributed by atoms with Crippen molar-refractivity contribution in [2.45, 2.75) is 20.0 Å². The van der Waals surface area contributed by atoms with Gasteiger partial charge < -0.3 is 19.5 Å². The minimum Gasteiger partial charge on any atom is -0.459 e. The summed E-state index contributed by atoms with van der Waals surface area (Å²) in [5.74, 6) is 1.22. The van der Waals surface area contributed by atoms with Gasteiger partial charge in [0, 0.05) is 45.1 Å². The van der Waals surface area contributed by atoms with Crippen molar-refractivity contribution < 1.29 is 9.21 Å². The zero-order chi connectivity index (χ0) is 21.5. The number of nitrogens with one attached hydrogen (secondary N) is 1. The molecule has 0 aliphatic carbocycles. The Morgan fingerprint density at radius 1 is 1.09 bits per heavy atom. The number of carbonyl (C=O) groups excluding carboxylic acids is 1. The monoisotopic (exact) mass is 548 g/mol. The lowest BCUT2D eigenvalue weighted by Crippen LogP contribution is -2.53. The number of hydrogen-bond acceptors (Lipinski definition) is 4. The summed E-state index contributed by atoms with van der Waals surface area (Å²) in [5, 5.41) is 7.66. The van der Waals surface area contributed by atoms with E-state index >= 15 is 0 Å². The van der Waals surface area contributed by atoms with Gasteiger partial charge in [-0.15, -0.1) is 24.0 Å². The van der Waals surface area contributed by atoms with Crippen molar-refractivity contribution in [1.29, 1.82) is 0 Å². The lowest BCUT2D eigenvalue weighted by atomic mass is 10.1. The minimum atomic E-state index is -0.0550. The van der Waals surface area contributed by atoms with E-state index in [1.807, 2.05) is 21.8 Å². The summed E-state index contributed by atoms with van der Waals surface area (Å²) < 4.78 is 7.16. The lowest BCUT2D eigenvalue weighted by Gasteiger charge is -2.36. The van der Waals surface area contributed by atoms with Gasteiger partial charge >= 0.3 is 0 Å². The van der Waals surface area contributed by atoms with E-state index in [1.54, 1.807) is 18.3 Å². The number of halogens is 1. The number of benzene rings is 1. The second-order valence-corrected chi connectivity index (χ2v) is 7.45. The van der Waals surface area contributed by atoms with Crippen molar-refractivity contribution in [3.05, 3.63) is 78.0 Å². The minimum absolute atomic E-state index is 0. The number of carbonyl (C=O) groups is 1. The molecule has 1 N–H and O–H groups in total. The fourth-order valence-electron chi connectivity index (χ4n) is 3.68. The van der Waals surface area contributed by atoms with Crippen LogP contribution in [0.25, 0.3) is 0 Å². The predicted octanol–water partition coefficient (Wildman–Crippen LogP) is 3.07. The number of piperazine rings is 1. The standard InChI is InChI=1S/C23H28N6O2.HI/c1-2-24-23(28-13-11-27(12-14-28)22(30)21-8-4-15-31-21)25-17-19-6-3-7-20(16-19)18-29-10-5-9-26-29;/h3-10,15-16H,2,11-14,17-18H2,1H3,(H,24,25);1H. The van der Waals surface area contributed by atoms with Crippen LogP contribution in [-0.4, -0.2) is 64.2 Å². The highest BCUT2D eigenvalue weighted by Gasteiger charge is 2.25. The van der Waals surface area contributed by atoms with E-state index in [2.05, 4.69) is 46.5 Å². The summed E-state index contributed by atoms with van der Waals surface area (Å²) in [6.45, 7) is 6.96. The van der Waals surface area contributed by atoms with Gasteiger partial charge in [-0.2, -0.15) is 5.10 Å². The molecule has 1 saturated heterocycles. The number of aliphatic imine (C=N–C) groups is 1. The molecule has 4 rings (SSSR count). The van der Waals surface area contributed by atoms with Crippen molar-refractivity contribution in [3.63, 3.8) is 0 Å². The second-order valence-electron chi connectivity index (χ2n) is 7.45. The Hall–Kier alpha value is -2.82. The molecule has 1 aromatic carbocycles. The van der Waals surface area contributed by atoms with Crippen molar-refractivity contribution >= 4 is 35.8 Å². The molecule has 1 aliphatic heterocycles. The normalized spacial score (nSPS) is 14.2. The first-order valence-corrected chi connectivity index (χ1v) is 10.6. The van der Waals surface area contributed by atoms with Crippen LogP contribution in [0.2, 0.25) is 0 Å². The van der Waals surface area contributed by atoms with Gasteiger partial charge in [-0.1, -0.05) is 24.3 Å². The molecule has 1 fully saturated rings. The Morgan fingerprint density at radius 3 is 2.56 bits per heavy atom. The van der Waals surface area contributed by atoms with Gasteiger partial charge in [0.1, 0.15) is 0 Å². The third-order valence-electron chi connectivity index (χ3n) is 5.24. The molecule has 1 aliphatic rings. The quantitative estimate of drug-likeness (QED) is 0.291. The van der Waals surface area contributed by atoms with Gasteiger partial charge in [0.25, 0.3) is 5.91 Å². The third-order valence-corrected chi connectivity index (χ3v) is 5.24. The van der Waals surface area contributed by atoms with Crippen LogP contribution in [0.5, 0.6) is 0 Å². The van der Waals surface area contributed by atoms with Crippen LogP contribution in [0.4, 0.5) is 0 Å². The maximum Gasteiger partial charge on any atom is 0.289 e. The van der Waals surface area contributed by atoms with E-state index in [0.717, 1.165) is 37.7 Å². The van der Waals surface area contributed by atoms with Crippen molar-refractivity contribution in [1.82, 2.24) is 24.9 Å². The van der Waals surface area contributed by atoms with E-state index in [-0.39, 0.29) is 29.9 Å². The number of furan rings is 1. The average Bonchev–Trinajstić information content (AvgIpc) is 3.51. The molecule has 0 bridgehead atoms. The molecule has 0 atom stereocenters. The molecule has 9 heteroatoms. The Bertz CT molecular complexity index is 995. The largest absolute Gasteiger partial charge is 0.459 e. The molecular formula is C23H29IN6O2. The van der Waals surface area contributed by atoms with Gasteiger partial charge in [-0.3, -0.25) is 9.48 Å². The predicted molar refractivity (Wildman–Crippen MR) is 134 cm³/mol. The molecule has 0 unspecified atom stereocenters. The van der Waals surface area contributed by atoms with Crippen molar-refractivity contribution in [3.8, 4) is 0 Å². The molecule has 170 valence electrons. The highest BCUT2D eigenvalue weighted by Crippen LogP contribution is 2.11. The fourth-order valence-corrected chi connectivity index (χ4v) is 3.68. The topological polar surface area (TPSA) is 78.9 Å². The van der Waals surface area contributed by atoms with Crippen LogP contribution in [-0.2, 0) is 13.1 Å². The third kappa shape index (κ3) is 6.12. The van der Waals surface area contributed by atoms with E-state index < -0.39 is 0 Å². The summed E-state index contributed by atoms with van der Waals surface area (Å²) in [5.41, 5.74) is 2.36. The molecule has 0 saturated carbocycles. The van der Waals surface area contributed by atoms with E-state index in [0.29, 0.717) is 25.4 Å². The second kappa shape index (κ2) is 11.7. The first-order chi connectivity index (χ1) is 15.2. The van der Waals surface area contributed by atoms with E-state index in [4.69, 9.17) is 9.41 Å². The number of hydrogen-bond donors (Lipinski definition) is 1. The van der Waals surface area contributed by atoms with Crippen LogP contribution in [0.15, 0.2) is 70.5 Å².